The van der Waals surface area contributed by atoms with Crippen LogP contribution in [0.3, 0.4) is 0 Å². The van der Waals surface area contributed by atoms with Crippen LogP contribution in [0.4, 0.5) is 8.78 Å². The van der Waals surface area contributed by atoms with Gasteiger partial charge in [0.2, 0.25) is 5.91 Å². The zero-order valence-corrected chi connectivity index (χ0v) is 17.7. The number of carbonyl (C=O) groups excluding carboxylic acids is 1. The number of carbonyl (C=O) groups is 1. The fourth-order valence-electron chi connectivity index (χ4n) is 3.17. The van der Waals surface area contributed by atoms with Crippen LogP contribution in [0, 0.1) is 17.6 Å². The van der Waals surface area contributed by atoms with Crippen molar-refractivity contribution in [1.29, 1.82) is 0 Å². The molecule has 1 aliphatic heterocycles. The standard InChI is InChI=1S/C19H20ClF2N3O5S/c20-13-1-3-14(4-2-13)30-19-16(21)10-15(11-17(19)22)31(28,29)24-25-7-5-12(6-8-25)9-18(26)23-27/h1-4,10-12,24,27H,5-9H2,(H,23,26). The molecule has 3 N–H and O–H groups in total. The maximum Gasteiger partial charge on any atom is 0.253 e. The first-order valence-electron chi connectivity index (χ1n) is 9.30. The predicted molar refractivity (Wildman–Crippen MR) is 107 cm³/mol. The van der Waals surface area contributed by atoms with Crippen molar-refractivity contribution < 1.29 is 31.9 Å². The Hall–Kier alpha value is -2.31. The molecule has 0 atom stereocenters. The van der Waals surface area contributed by atoms with Crippen LogP contribution in [0.2, 0.25) is 5.02 Å². The van der Waals surface area contributed by atoms with Crippen LogP contribution in [0.5, 0.6) is 11.5 Å². The van der Waals surface area contributed by atoms with Crippen LogP contribution in [-0.2, 0) is 14.8 Å². The van der Waals surface area contributed by atoms with Crippen molar-refractivity contribution in [2.45, 2.75) is 24.2 Å². The van der Waals surface area contributed by atoms with Crippen molar-refractivity contribution in [3.8, 4) is 11.5 Å². The molecule has 0 spiro atoms. The van der Waals surface area contributed by atoms with Gasteiger partial charge in [-0.25, -0.2) is 27.7 Å². The minimum Gasteiger partial charge on any atom is -0.451 e. The quantitative estimate of drug-likeness (QED) is 0.419. The molecule has 8 nitrogen and oxygen atoms in total. The molecule has 1 saturated heterocycles. The number of ether oxygens (including phenoxy) is 1. The number of nitrogens with zero attached hydrogens (tertiary/aromatic N) is 1. The highest BCUT2D eigenvalue weighted by Crippen LogP contribution is 2.31. The molecule has 31 heavy (non-hydrogen) atoms. The average Bonchev–Trinajstić information content (AvgIpc) is 2.73. The maximum atomic E-state index is 14.4. The topological polar surface area (TPSA) is 108 Å². The number of hydrazine groups is 1. The average molecular weight is 476 g/mol. The van der Waals surface area contributed by atoms with E-state index >= 15 is 0 Å². The maximum absolute atomic E-state index is 14.4. The molecule has 0 saturated carbocycles. The lowest BCUT2D eigenvalue weighted by molar-refractivity contribution is -0.130. The lowest BCUT2D eigenvalue weighted by Gasteiger charge is -2.31. The molecule has 2 aromatic carbocycles. The second-order valence-corrected chi connectivity index (χ2v) is 9.13. The van der Waals surface area contributed by atoms with Gasteiger partial charge in [-0.05, 0) is 55.2 Å². The molecule has 3 rings (SSSR count). The van der Waals surface area contributed by atoms with Gasteiger partial charge in [0.25, 0.3) is 10.0 Å². The molecule has 0 bridgehead atoms. The van der Waals surface area contributed by atoms with E-state index in [0.717, 1.165) is 0 Å². The van der Waals surface area contributed by atoms with Crippen LogP contribution in [-0.4, -0.2) is 37.6 Å². The van der Waals surface area contributed by atoms with E-state index < -0.39 is 38.2 Å². The molecule has 1 fully saturated rings. The summed E-state index contributed by atoms with van der Waals surface area (Å²) in [6, 6.07) is 7.15. The van der Waals surface area contributed by atoms with Gasteiger partial charge in [0.15, 0.2) is 17.4 Å². The first kappa shape index (κ1) is 23.4. The van der Waals surface area contributed by atoms with Gasteiger partial charge < -0.3 is 4.74 Å². The van der Waals surface area contributed by atoms with Crippen LogP contribution in [0.25, 0.3) is 0 Å². The Kier molecular flexibility index (Phi) is 7.44. The van der Waals surface area contributed by atoms with Crippen LogP contribution in [0.1, 0.15) is 19.3 Å². The predicted octanol–water partition coefficient (Wildman–Crippen LogP) is 3.21. The molecular formula is C19H20ClF2N3O5S. The third-order valence-corrected chi connectivity index (χ3v) is 6.39. The number of halogens is 3. The Labute approximate surface area is 182 Å². The molecule has 0 aromatic heterocycles. The summed E-state index contributed by atoms with van der Waals surface area (Å²) in [5.74, 6) is -3.47. The third-order valence-electron chi connectivity index (χ3n) is 4.78. The van der Waals surface area contributed by atoms with Crippen LogP contribution in [0.15, 0.2) is 41.3 Å². The fraction of sp³-hybridized carbons (Fsp3) is 0.316. The smallest absolute Gasteiger partial charge is 0.253 e. The zero-order chi connectivity index (χ0) is 22.6. The van der Waals surface area contributed by atoms with Gasteiger partial charge in [-0.2, -0.15) is 0 Å². The molecular weight excluding hydrogens is 456 g/mol. The van der Waals surface area contributed by atoms with E-state index in [-0.39, 0.29) is 18.1 Å². The molecule has 0 aliphatic carbocycles. The van der Waals surface area contributed by atoms with Gasteiger partial charge in [-0.15, -0.1) is 4.83 Å². The molecule has 12 heteroatoms. The molecule has 0 radical (unpaired) electrons. The van der Waals surface area contributed by atoms with Crippen molar-refractivity contribution in [3.05, 3.63) is 53.1 Å². The fourth-order valence-corrected chi connectivity index (χ4v) is 4.44. The number of piperidine rings is 1. The second kappa shape index (κ2) is 9.88. The summed E-state index contributed by atoms with van der Waals surface area (Å²) < 4.78 is 59.2. The highest BCUT2D eigenvalue weighted by Gasteiger charge is 2.27. The first-order chi connectivity index (χ1) is 14.7. The lowest BCUT2D eigenvalue weighted by atomic mass is 9.94. The van der Waals surface area contributed by atoms with E-state index in [0.29, 0.717) is 43.1 Å². The number of amides is 1. The summed E-state index contributed by atoms with van der Waals surface area (Å²) in [4.78, 5) is 12.9. The summed E-state index contributed by atoms with van der Waals surface area (Å²) in [6.45, 7) is 0.594. The Bertz CT molecular complexity index is 1020. The highest BCUT2D eigenvalue weighted by molar-refractivity contribution is 7.89. The van der Waals surface area contributed by atoms with E-state index in [9.17, 15) is 22.0 Å². The molecule has 168 valence electrons. The largest absolute Gasteiger partial charge is 0.451 e. The Morgan fingerprint density at radius 1 is 1.16 bits per heavy atom. The van der Waals surface area contributed by atoms with Crippen molar-refractivity contribution >= 4 is 27.5 Å². The van der Waals surface area contributed by atoms with Gasteiger partial charge in [0.1, 0.15) is 5.75 Å². The second-order valence-electron chi connectivity index (χ2n) is 7.04. The van der Waals surface area contributed by atoms with Crippen molar-refractivity contribution in [2.75, 3.05) is 13.1 Å². The lowest BCUT2D eigenvalue weighted by Crippen LogP contribution is -2.47. The minimum absolute atomic E-state index is 0.00732. The monoisotopic (exact) mass is 475 g/mol. The number of hydrogen-bond acceptors (Lipinski definition) is 6. The summed E-state index contributed by atoms with van der Waals surface area (Å²) in [5.41, 5.74) is 1.56. The number of benzene rings is 2. The first-order valence-corrected chi connectivity index (χ1v) is 11.2. The van der Waals surface area contributed by atoms with Crippen molar-refractivity contribution in [3.63, 3.8) is 0 Å². The molecule has 0 unspecified atom stereocenters. The van der Waals surface area contributed by atoms with Gasteiger partial charge in [-0.3, -0.25) is 10.0 Å². The van der Waals surface area contributed by atoms with Gasteiger partial charge >= 0.3 is 0 Å². The van der Waals surface area contributed by atoms with Gasteiger partial charge in [-0.1, -0.05) is 11.6 Å². The minimum atomic E-state index is -4.24. The Balaban J connectivity index is 1.67. The van der Waals surface area contributed by atoms with Gasteiger partial charge in [0, 0.05) is 24.5 Å². The van der Waals surface area contributed by atoms with Gasteiger partial charge in [0.05, 0.1) is 4.90 Å². The van der Waals surface area contributed by atoms with E-state index in [1.807, 2.05) is 0 Å². The molecule has 2 aromatic rings. The number of hydroxylamine groups is 1. The SMILES string of the molecule is O=C(CC1CCN(NS(=O)(=O)c2cc(F)c(Oc3ccc(Cl)cc3)c(F)c2)CC1)NO. The van der Waals surface area contributed by atoms with Crippen molar-refractivity contribution in [1.82, 2.24) is 15.3 Å². The van der Waals surface area contributed by atoms with E-state index in [1.54, 1.807) is 5.48 Å². The van der Waals surface area contributed by atoms with E-state index in [1.165, 1.54) is 29.3 Å². The third kappa shape index (κ3) is 6.11. The molecule has 1 heterocycles. The highest BCUT2D eigenvalue weighted by atomic mass is 35.5. The van der Waals surface area contributed by atoms with Crippen molar-refractivity contribution in [2.24, 2.45) is 5.92 Å². The van der Waals surface area contributed by atoms with E-state index in [4.69, 9.17) is 21.5 Å². The zero-order valence-electron chi connectivity index (χ0n) is 16.1. The van der Waals surface area contributed by atoms with E-state index in [2.05, 4.69) is 4.83 Å². The summed E-state index contributed by atoms with van der Waals surface area (Å²) in [5, 5.41) is 10.4. The Morgan fingerprint density at radius 3 is 2.29 bits per heavy atom. The van der Waals surface area contributed by atoms with Crippen LogP contribution >= 0.6 is 11.6 Å². The number of sulfonamides is 1. The normalized spacial score (nSPS) is 15.6. The molecule has 1 amide bonds. The summed E-state index contributed by atoms with van der Waals surface area (Å²) in [7, 11) is -4.24. The summed E-state index contributed by atoms with van der Waals surface area (Å²) in [6.07, 6.45) is 1.14. The Morgan fingerprint density at radius 2 is 1.74 bits per heavy atom. The summed E-state index contributed by atoms with van der Waals surface area (Å²) >= 11 is 5.76. The van der Waals surface area contributed by atoms with Crippen LogP contribution < -0.4 is 15.0 Å². The number of hydrogen-bond donors (Lipinski definition) is 3. The molecule has 1 aliphatic rings. The number of rotatable bonds is 7. The number of nitrogens with one attached hydrogen (secondary N) is 2.